The van der Waals surface area contributed by atoms with Gasteiger partial charge in [-0.2, -0.15) is 0 Å². The highest BCUT2D eigenvalue weighted by Crippen LogP contribution is 2.24. The van der Waals surface area contributed by atoms with Crippen molar-refractivity contribution in [3.8, 4) is 0 Å². The summed E-state index contributed by atoms with van der Waals surface area (Å²) in [6.45, 7) is 13.5. The zero-order chi connectivity index (χ0) is 31.1. The number of aliphatic imine (C=N–C) groups is 2. The largest absolute Gasteiger partial charge is 0.251 e. The number of nitrogens with zero attached hydrogens (tertiary/aromatic N) is 2. The quantitative estimate of drug-likeness (QED) is 0.0916. The van der Waals surface area contributed by atoms with Crippen molar-refractivity contribution >= 4 is 22.8 Å². The molecule has 0 aliphatic carbocycles. The van der Waals surface area contributed by atoms with Gasteiger partial charge in [0.2, 0.25) is 0 Å². The van der Waals surface area contributed by atoms with Gasteiger partial charge in [0.05, 0.1) is 22.8 Å². The molecule has 0 spiro atoms. The summed E-state index contributed by atoms with van der Waals surface area (Å²) >= 11 is 0. The smallest absolute Gasteiger partial charge is 0.0848 e. The molecule has 2 heteroatoms. The molecule has 0 saturated heterocycles. The molecule has 2 rings (SSSR count). The van der Waals surface area contributed by atoms with E-state index in [0.29, 0.717) is 0 Å². The predicted molar refractivity (Wildman–Crippen MR) is 194 cm³/mol. The number of unbranched alkanes of at least 4 members (excludes halogenated alkanes) is 12. The van der Waals surface area contributed by atoms with E-state index in [9.17, 15) is 0 Å². The molecule has 0 fully saturated rings. The molecule has 0 atom stereocenters. The summed E-state index contributed by atoms with van der Waals surface area (Å²) in [6, 6.07) is 13.8. The fraction of sp³-hybridized carbons (Fsp3) is 0.610. The molecule has 0 N–H and O–H groups in total. The summed E-state index contributed by atoms with van der Waals surface area (Å²) in [7, 11) is 0. The Morgan fingerprint density at radius 2 is 0.907 bits per heavy atom. The van der Waals surface area contributed by atoms with Crippen LogP contribution in [0, 0.1) is 0 Å². The van der Waals surface area contributed by atoms with E-state index in [1.165, 1.54) is 99.3 Å². The molecule has 0 amide bonds. The maximum absolute atomic E-state index is 5.34. The molecule has 0 heterocycles. The molecule has 0 aliphatic rings. The van der Waals surface area contributed by atoms with Crippen LogP contribution in [0.3, 0.4) is 0 Å². The first-order chi connectivity index (χ1) is 21.1. The standard InChI is InChI=1S/C41H64N2/c1-7-13-15-16-17-18-19-20-21-22-23-25-27-41(43-39-32-36(11-5)29-37(12-6)33-39)40(26-24-14-8-2)42-38-30-34(9-3)28-35(10-4)31-38/h25,27-33H,7-24,26H2,1-6H3. The number of aryl methyl sites for hydroxylation is 4. The minimum absolute atomic E-state index is 0.960. The van der Waals surface area contributed by atoms with Gasteiger partial charge in [0.1, 0.15) is 0 Å². The van der Waals surface area contributed by atoms with Gasteiger partial charge in [0.25, 0.3) is 0 Å². The van der Waals surface area contributed by atoms with Crippen LogP contribution in [0.5, 0.6) is 0 Å². The highest BCUT2D eigenvalue weighted by molar-refractivity contribution is 6.47. The van der Waals surface area contributed by atoms with E-state index in [2.05, 4.69) is 90.1 Å². The Labute approximate surface area is 266 Å². The number of hydrogen-bond donors (Lipinski definition) is 0. The molecule has 2 aromatic carbocycles. The SMILES string of the molecule is CCCCCCCCCCCCC=CC(=Nc1cc(CC)cc(CC)c1)C(CCCCC)=Nc1cc(CC)cc(CC)c1. The highest BCUT2D eigenvalue weighted by atomic mass is 14.8. The van der Waals surface area contributed by atoms with Crippen molar-refractivity contribution in [2.75, 3.05) is 0 Å². The zero-order valence-electron chi connectivity index (χ0n) is 28.9. The van der Waals surface area contributed by atoms with Gasteiger partial charge in [-0.15, -0.1) is 0 Å². The molecule has 0 aliphatic heterocycles. The second-order valence-electron chi connectivity index (χ2n) is 12.3. The summed E-state index contributed by atoms with van der Waals surface area (Å²) in [5.41, 5.74) is 9.76. The Morgan fingerprint density at radius 1 is 0.488 bits per heavy atom. The van der Waals surface area contributed by atoms with Crippen molar-refractivity contribution in [3.05, 3.63) is 70.8 Å². The minimum atomic E-state index is 0.960. The molecule has 0 bridgehead atoms. The van der Waals surface area contributed by atoms with E-state index < -0.39 is 0 Å². The fourth-order valence-electron chi connectivity index (χ4n) is 5.65. The average molecular weight is 585 g/mol. The third-order valence-electron chi connectivity index (χ3n) is 8.53. The second-order valence-corrected chi connectivity index (χ2v) is 12.3. The molecule has 2 aromatic rings. The first-order valence-corrected chi connectivity index (χ1v) is 18.1. The number of rotatable bonds is 23. The normalized spacial score (nSPS) is 12.5. The highest BCUT2D eigenvalue weighted by Gasteiger charge is 2.10. The molecule has 2 nitrogen and oxygen atoms in total. The summed E-state index contributed by atoms with van der Waals surface area (Å²) in [5, 5.41) is 0. The zero-order valence-corrected chi connectivity index (χ0v) is 28.9. The van der Waals surface area contributed by atoms with Crippen LogP contribution in [-0.2, 0) is 25.7 Å². The Morgan fingerprint density at radius 3 is 1.37 bits per heavy atom. The lowest BCUT2D eigenvalue weighted by atomic mass is 10.0. The lowest BCUT2D eigenvalue weighted by molar-refractivity contribution is 0.557. The Bertz CT molecular complexity index is 1080. The topological polar surface area (TPSA) is 24.7 Å². The van der Waals surface area contributed by atoms with E-state index >= 15 is 0 Å². The van der Waals surface area contributed by atoms with Crippen LogP contribution in [0.25, 0.3) is 0 Å². The van der Waals surface area contributed by atoms with Gasteiger partial charge >= 0.3 is 0 Å². The maximum atomic E-state index is 5.34. The third kappa shape index (κ3) is 15.2. The predicted octanol–water partition coefficient (Wildman–Crippen LogP) is 13.2. The molecule has 0 radical (unpaired) electrons. The van der Waals surface area contributed by atoms with Gasteiger partial charge < -0.3 is 0 Å². The molecule has 0 unspecified atom stereocenters. The van der Waals surface area contributed by atoms with Crippen LogP contribution in [-0.4, -0.2) is 11.4 Å². The van der Waals surface area contributed by atoms with Gasteiger partial charge in [-0.3, -0.25) is 4.99 Å². The summed E-state index contributed by atoms with van der Waals surface area (Å²) in [4.78, 5) is 10.7. The van der Waals surface area contributed by atoms with E-state index in [-0.39, 0.29) is 0 Å². The van der Waals surface area contributed by atoms with Crippen LogP contribution in [0.15, 0.2) is 58.5 Å². The van der Waals surface area contributed by atoms with Crippen molar-refractivity contribution in [2.24, 2.45) is 9.98 Å². The molecule has 43 heavy (non-hydrogen) atoms. The molecule has 238 valence electrons. The van der Waals surface area contributed by atoms with Crippen molar-refractivity contribution in [3.63, 3.8) is 0 Å². The van der Waals surface area contributed by atoms with Gasteiger partial charge in [0, 0.05) is 0 Å². The maximum Gasteiger partial charge on any atom is 0.0848 e. The molecular weight excluding hydrogens is 520 g/mol. The second kappa shape index (κ2) is 23.0. The van der Waals surface area contributed by atoms with Gasteiger partial charge in [-0.25, -0.2) is 4.99 Å². The van der Waals surface area contributed by atoms with Crippen molar-refractivity contribution in [2.45, 2.75) is 164 Å². The summed E-state index contributed by atoms with van der Waals surface area (Å²) in [5.74, 6) is 0. The Hall–Kier alpha value is -2.48. The van der Waals surface area contributed by atoms with E-state index in [4.69, 9.17) is 9.98 Å². The number of allylic oxidation sites excluding steroid dienone is 2. The molecule has 0 saturated carbocycles. The molecule has 0 aromatic heterocycles. The first-order valence-electron chi connectivity index (χ1n) is 18.1. The van der Waals surface area contributed by atoms with Crippen LogP contribution in [0.4, 0.5) is 11.4 Å². The first kappa shape index (κ1) is 36.7. The van der Waals surface area contributed by atoms with Gasteiger partial charge in [-0.1, -0.05) is 130 Å². The minimum Gasteiger partial charge on any atom is -0.251 e. The Balaban J connectivity index is 2.29. The monoisotopic (exact) mass is 585 g/mol. The van der Waals surface area contributed by atoms with Crippen molar-refractivity contribution in [1.29, 1.82) is 0 Å². The van der Waals surface area contributed by atoms with Crippen molar-refractivity contribution < 1.29 is 0 Å². The van der Waals surface area contributed by atoms with Crippen LogP contribution in [0.1, 0.15) is 160 Å². The Kier molecular flexibility index (Phi) is 19.6. The van der Waals surface area contributed by atoms with Crippen molar-refractivity contribution in [1.82, 2.24) is 0 Å². The number of benzene rings is 2. The van der Waals surface area contributed by atoms with E-state index in [0.717, 1.165) is 67.7 Å². The average Bonchev–Trinajstić information content (AvgIpc) is 3.03. The van der Waals surface area contributed by atoms with Gasteiger partial charge in [-0.05, 0) is 104 Å². The lowest BCUT2D eigenvalue weighted by Gasteiger charge is -2.11. The lowest BCUT2D eigenvalue weighted by Crippen LogP contribution is -2.12. The third-order valence-corrected chi connectivity index (χ3v) is 8.53. The number of hydrogen-bond acceptors (Lipinski definition) is 2. The van der Waals surface area contributed by atoms with Crippen LogP contribution >= 0.6 is 0 Å². The summed E-state index contributed by atoms with van der Waals surface area (Å²) in [6.07, 6.45) is 28.1. The van der Waals surface area contributed by atoms with E-state index in [1.54, 1.807) is 0 Å². The van der Waals surface area contributed by atoms with Gasteiger partial charge in [0.15, 0.2) is 0 Å². The van der Waals surface area contributed by atoms with Crippen LogP contribution in [0.2, 0.25) is 0 Å². The summed E-state index contributed by atoms with van der Waals surface area (Å²) < 4.78 is 0. The van der Waals surface area contributed by atoms with E-state index in [1.807, 2.05) is 0 Å². The van der Waals surface area contributed by atoms with Crippen LogP contribution < -0.4 is 0 Å². The fourth-order valence-corrected chi connectivity index (χ4v) is 5.65. The molecular formula is C41H64N2.